The van der Waals surface area contributed by atoms with Crippen LogP contribution in [0.25, 0.3) is 22.2 Å². The summed E-state index contributed by atoms with van der Waals surface area (Å²) in [6, 6.07) is 6.04. The molecule has 7 nitrogen and oxygen atoms in total. The first kappa shape index (κ1) is 20.8. The molecule has 0 aliphatic heterocycles. The highest BCUT2D eigenvalue weighted by atomic mass is 32.1. The van der Waals surface area contributed by atoms with Crippen molar-refractivity contribution < 1.29 is 0 Å². The third-order valence-corrected chi connectivity index (χ3v) is 6.97. The molecule has 4 aromatic rings. The van der Waals surface area contributed by atoms with E-state index < -0.39 is 0 Å². The largest absolute Gasteiger partial charge is 0.397 e. The van der Waals surface area contributed by atoms with Gasteiger partial charge in [-0.25, -0.2) is 4.98 Å². The molecule has 0 unspecified atom stereocenters. The molecule has 1 aliphatic rings. The molecule has 0 amide bonds. The minimum absolute atomic E-state index is 0.0109. The third-order valence-electron chi connectivity index (χ3n) is 5.97. The fourth-order valence-electron chi connectivity index (χ4n) is 4.10. The second kappa shape index (κ2) is 8.09. The highest BCUT2D eigenvalue weighted by molar-refractivity contribution is 7.15. The summed E-state index contributed by atoms with van der Waals surface area (Å²) in [4.78, 5) is 13.9. The topological polar surface area (TPSA) is 102 Å². The number of aromatic nitrogens is 5. The molecule has 0 spiro atoms. The van der Waals surface area contributed by atoms with E-state index in [-0.39, 0.29) is 5.41 Å². The van der Waals surface area contributed by atoms with Gasteiger partial charge in [0.1, 0.15) is 10.8 Å². The quantitative estimate of drug-likeness (QED) is 0.408. The molecule has 5 rings (SSSR count). The second-order valence-corrected chi connectivity index (χ2v) is 10.5. The number of anilines is 3. The number of nitrogen functional groups attached to an aromatic ring is 1. The first-order chi connectivity index (χ1) is 15.4. The zero-order valence-corrected chi connectivity index (χ0v) is 19.4. The van der Waals surface area contributed by atoms with Gasteiger partial charge in [-0.15, -0.1) is 10.2 Å². The number of hydrogen-bond donors (Lipinski definition) is 2. The molecule has 0 aromatic carbocycles. The van der Waals surface area contributed by atoms with Crippen LogP contribution in [0.1, 0.15) is 62.9 Å². The van der Waals surface area contributed by atoms with Gasteiger partial charge in [0.2, 0.25) is 5.13 Å². The van der Waals surface area contributed by atoms with Crippen molar-refractivity contribution in [2.75, 3.05) is 11.1 Å². The molecular formula is C24H27N7S. The number of nitrogens with one attached hydrogen (secondary N) is 1. The van der Waals surface area contributed by atoms with Crippen LogP contribution < -0.4 is 11.1 Å². The average molecular weight is 446 g/mol. The van der Waals surface area contributed by atoms with Crippen molar-refractivity contribution in [3.8, 4) is 11.1 Å². The Bertz CT molecular complexity index is 1270. The zero-order chi connectivity index (χ0) is 22.3. The Balaban J connectivity index is 1.59. The zero-order valence-electron chi connectivity index (χ0n) is 18.6. The molecule has 4 heterocycles. The van der Waals surface area contributed by atoms with Gasteiger partial charge in [0, 0.05) is 29.4 Å². The summed E-state index contributed by atoms with van der Waals surface area (Å²) in [5.41, 5.74) is 11.1. The van der Waals surface area contributed by atoms with Crippen molar-refractivity contribution >= 4 is 39.0 Å². The Labute approximate surface area is 191 Å². The maximum atomic E-state index is 5.96. The normalized spacial score (nSPS) is 14.8. The van der Waals surface area contributed by atoms with Gasteiger partial charge in [0.05, 0.1) is 22.9 Å². The van der Waals surface area contributed by atoms with Gasteiger partial charge in [-0.3, -0.25) is 9.97 Å². The lowest BCUT2D eigenvalue weighted by Gasteiger charge is -2.19. The van der Waals surface area contributed by atoms with Crippen LogP contribution in [-0.2, 0) is 5.41 Å². The molecule has 164 valence electrons. The van der Waals surface area contributed by atoms with E-state index in [4.69, 9.17) is 10.7 Å². The summed E-state index contributed by atoms with van der Waals surface area (Å²) in [7, 11) is 0. The average Bonchev–Trinajstić information content (AvgIpc) is 3.45. The summed E-state index contributed by atoms with van der Waals surface area (Å²) >= 11 is 1.62. The monoisotopic (exact) mass is 445 g/mol. The molecule has 3 N–H and O–H groups in total. The van der Waals surface area contributed by atoms with Crippen LogP contribution in [-0.4, -0.2) is 25.1 Å². The Morgan fingerprint density at radius 1 is 1.00 bits per heavy atom. The Morgan fingerprint density at radius 2 is 1.81 bits per heavy atom. The highest BCUT2D eigenvalue weighted by Crippen LogP contribution is 2.38. The van der Waals surface area contributed by atoms with E-state index in [0.717, 1.165) is 37.9 Å². The van der Waals surface area contributed by atoms with Crippen molar-refractivity contribution in [3.05, 3.63) is 47.4 Å². The molecule has 8 heteroatoms. The lowest BCUT2D eigenvalue weighted by Crippen LogP contribution is -2.11. The molecule has 1 saturated carbocycles. The smallest absolute Gasteiger partial charge is 0.211 e. The van der Waals surface area contributed by atoms with E-state index in [0.29, 0.717) is 17.4 Å². The summed E-state index contributed by atoms with van der Waals surface area (Å²) < 4.78 is 0. The van der Waals surface area contributed by atoms with E-state index in [1.165, 1.54) is 25.7 Å². The van der Waals surface area contributed by atoms with Crippen LogP contribution in [0, 0.1) is 0 Å². The molecule has 32 heavy (non-hydrogen) atoms. The van der Waals surface area contributed by atoms with Crippen molar-refractivity contribution in [2.45, 2.75) is 57.8 Å². The molecule has 0 atom stereocenters. The van der Waals surface area contributed by atoms with Crippen molar-refractivity contribution in [1.82, 2.24) is 25.1 Å². The van der Waals surface area contributed by atoms with Crippen molar-refractivity contribution in [1.29, 1.82) is 0 Å². The van der Waals surface area contributed by atoms with Crippen LogP contribution in [0.4, 0.5) is 16.6 Å². The van der Waals surface area contributed by atoms with E-state index in [2.05, 4.69) is 52.3 Å². The standard InChI is InChI=1S/C24H27N7S/c1-24(2,3)16-8-15(11-26-12-16)18-10-19-20(9-17(25)13-27-19)28-21(18)29-23-31-30-22(32-23)14-6-4-5-7-14/h8-14H,4-7,25H2,1-3H3,(H,28,29,31). The molecule has 0 bridgehead atoms. The number of nitrogens with two attached hydrogens (primary N) is 1. The lowest BCUT2D eigenvalue weighted by atomic mass is 9.87. The lowest BCUT2D eigenvalue weighted by molar-refractivity contribution is 0.588. The molecule has 1 fully saturated rings. The summed E-state index contributed by atoms with van der Waals surface area (Å²) in [5.74, 6) is 1.23. The summed E-state index contributed by atoms with van der Waals surface area (Å²) in [6.07, 6.45) is 10.4. The Kier molecular flexibility index (Phi) is 5.25. The third kappa shape index (κ3) is 4.14. The van der Waals surface area contributed by atoms with Gasteiger partial charge in [-0.2, -0.15) is 0 Å². The fraction of sp³-hybridized carbons (Fsp3) is 0.375. The first-order valence-corrected chi connectivity index (χ1v) is 11.8. The number of nitrogens with zero attached hydrogens (tertiary/aromatic N) is 5. The molecule has 0 radical (unpaired) electrons. The van der Waals surface area contributed by atoms with Crippen LogP contribution in [0.5, 0.6) is 0 Å². The highest BCUT2D eigenvalue weighted by Gasteiger charge is 2.22. The van der Waals surface area contributed by atoms with E-state index in [1.807, 2.05) is 24.5 Å². The van der Waals surface area contributed by atoms with Gasteiger partial charge in [-0.05, 0) is 42.0 Å². The van der Waals surface area contributed by atoms with Gasteiger partial charge in [-0.1, -0.05) is 44.9 Å². The Hall–Kier alpha value is -3.13. The predicted molar refractivity (Wildman–Crippen MR) is 130 cm³/mol. The van der Waals surface area contributed by atoms with Crippen molar-refractivity contribution in [2.24, 2.45) is 0 Å². The summed E-state index contributed by atoms with van der Waals surface area (Å²) in [5, 5.41) is 14.1. The molecule has 0 saturated heterocycles. The van der Waals surface area contributed by atoms with E-state index in [1.54, 1.807) is 17.5 Å². The maximum absolute atomic E-state index is 5.96. The molecular weight excluding hydrogens is 418 g/mol. The minimum Gasteiger partial charge on any atom is -0.397 e. The van der Waals surface area contributed by atoms with E-state index in [9.17, 15) is 0 Å². The van der Waals surface area contributed by atoms with Gasteiger partial charge in [0.25, 0.3) is 0 Å². The second-order valence-electron chi connectivity index (χ2n) is 9.46. The van der Waals surface area contributed by atoms with E-state index >= 15 is 0 Å². The van der Waals surface area contributed by atoms with Crippen molar-refractivity contribution in [3.63, 3.8) is 0 Å². The molecule has 1 aliphatic carbocycles. The van der Waals surface area contributed by atoms with Crippen LogP contribution in [0.15, 0.2) is 36.8 Å². The first-order valence-electron chi connectivity index (χ1n) is 11.0. The number of rotatable bonds is 4. The Morgan fingerprint density at radius 3 is 2.59 bits per heavy atom. The van der Waals surface area contributed by atoms with Gasteiger partial charge >= 0.3 is 0 Å². The SMILES string of the molecule is CC(C)(C)c1cncc(-c2cc3ncc(N)cc3nc2Nc2nnc(C3CCCC3)s2)c1. The van der Waals surface area contributed by atoms with Crippen LogP contribution in [0.2, 0.25) is 0 Å². The number of fused-ring (bicyclic) bond motifs is 1. The molecule has 4 aromatic heterocycles. The predicted octanol–water partition coefficient (Wildman–Crippen LogP) is 5.82. The number of hydrogen-bond acceptors (Lipinski definition) is 8. The van der Waals surface area contributed by atoms with Gasteiger partial charge < -0.3 is 11.1 Å². The fourth-order valence-corrected chi connectivity index (χ4v) is 5.01. The van der Waals surface area contributed by atoms with Crippen LogP contribution >= 0.6 is 11.3 Å². The van der Waals surface area contributed by atoms with Crippen LogP contribution in [0.3, 0.4) is 0 Å². The van der Waals surface area contributed by atoms with Gasteiger partial charge in [0.15, 0.2) is 0 Å². The number of pyridine rings is 3. The minimum atomic E-state index is -0.0109. The maximum Gasteiger partial charge on any atom is 0.211 e. The summed E-state index contributed by atoms with van der Waals surface area (Å²) in [6.45, 7) is 6.55.